The Labute approximate surface area is 127 Å². The van der Waals surface area contributed by atoms with Crippen molar-refractivity contribution >= 4 is 0 Å². The average molecular weight is 299 g/mol. The van der Waals surface area contributed by atoms with Crippen molar-refractivity contribution in [1.29, 1.82) is 0 Å². The minimum Gasteiger partial charge on any atom is -0.339 e. The lowest BCUT2D eigenvalue weighted by molar-refractivity contribution is 0.300. The van der Waals surface area contributed by atoms with E-state index in [-0.39, 0.29) is 0 Å². The summed E-state index contributed by atoms with van der Waals surface area (Å²) in [5.74, 6) is 1.06. The summed E-state index contributed by atoms with van der Waals surface area (Å²) in [6.45, 7) is 2.72. The lowest BCUT2D eigenvalue weighted by Gasteiger charge is -2.09. The Hall–Kier alpha value is -2.54. The van der Waals surface area contributed by atoms with E-state index in [0.717, 1.165) is 17.8 Å². The van der Waals surface area contributed by atoms with E-state index in [0.29, 0.717) is 23.8 Å². The van der Waals surface area contributed by atoms with Gasteiger partial charge in [-0.2, -0.15) is 4.98 Å². The summed E-state index contributed by atoms with van der Waals surface area (Å²) in [6, 6.07) is 8.13. The van der Waals surface area contributed by atoms with Crippen molar-refractivity contribution in [3.8, 4) is 11.4 Å². The number of hydrogen-bond donors (Lipinski definition) is 0. The molecule has 0 bridgehead atoms. The van der Waals surface area contributed by atoms with Crippen molar-refractivity contribution < 1.29 is 9.15 Å². The number of aryl methyl sites for hydroxylation is 1. The number of aromatic nitrogens is 4. The molecule has 0 N–H and O–H groups in total. The molecule has 0 aliphatic heterocycles. The van der Waals surface area contributed by atoms with E-state index in [1.54, 1.807) is 0 Å². The molecule has 0 fully saturated rings. The summed E-state index contributed by atoms with van der Waals surface area (Å²) in [6.07, 6.45) is 0.418. The molecule has 0 aliphatic rings. The lowest BCUT2D eigenvalue weighted by Crippen LogP contribution is -2.10. The van der Waals surface area contributed by atoms with Gasteiger partial charge in [0, 0.05) is 12.1 Å². The number of benzene rings is 1. The first-order valence-corrected chi connectivity index (χ1v) is 6.96. The topological polar surface area (TPSA) is 81.1 Å². The molecule has 2 aromatic heterocycles. The Morgan fingerprint density at radius 2 is 1.82 bits per heavy atom. The standard InChI is InChI=1S/C15H17N5O2/c1-10-13(18-22-17-10)8-14-16-15(19-21-14)12-6-4-11(5-7-12)9-20(2)3/h4-7H,8-9H2,1-3H3. The molecule has 3 rings (SSSR count). The normalized spacial score (nSPS) is 11.3. The summed E-state index contributed by atoms with van der Waals surface area (Å²) in [7, 11) is 4.08. The third-order valence-corrected chi connectivity index (χ3v) is 3.24. The summed E-state index contributed by atoms with van der Waals surface area (Å²) >= 11 is 0. The second-order valence-electron chi connectivity index (χ2n) is 5.42. The van der Waals surface area contributed by atoms with E-state index < -0.39 is 0 Å². The molecule has 1 aromatic carbocycles. The maximum atomic E-state index is 5.26. The molecule has 0 aliphatic carbocycles. The van der Waals surface area contributed by atoms with Gasteiger partial charge in [-0.05, 0) is 26.6 Å². The minimum atomic E-state index is 0.418. The smallest absolute Gasteiger partial charge is 0.233 e. The maximum Gasteiger partial charge on any atom is 0.233 e. The van der Waals surface area contributed by atoms with E-state index in [4.69, 9.17) is 4.52 Å². The van der Waals surface area contributed by atoms with Crippen LogP contribution < -0.4 is 0 Å². The Balaban J connectivity index is 1.74. The highest BCUT2D eigenvalue weighted by Crippen LogP contribution is 2.18. The van der Waals surface area contributed by atoms with E-state index in [1.165, 1.54) is 5.56 Å². The van der Waals surface area contributed by atoms with Gasteiger partial charge in [0.05, 0.1) is 6.42 Å². The Morgan fingerprint density at radius 1 is 1.05 bits per heavy atom. The predicted molar refractivity (Wildman–Crippen MR) is 79.0 cm³/mol. The Bertz CT molecular complexity index is 745. The molecule has 0 spiro atoms. The van der Waals surface area contributed by atoms with Gasteiger partial charge >= 0.3 is 0 Å². The third-order valence-electron chi connectivity index (χ3n) is 3.24. The van der Waals surface area contributed by atoms with Crippen molar-refractivity contribution in [2.24, 2.45) is 0 Å². The van der Waals surface area contributed by atoms with Crippen LogP contribution in [-0.2, 0) is 13.0 Å². The zero-order valence-corrected chi connectivity index (χ0v) is 12.8. The largest absolute Gasteiger partial charge is 0.339 e. The SMILES string of the molecule is Cc1nonc1Cc1nc(-c2ccc(CN(C)C)cc2)no1. The van der Waals surface area contributed by atoms with Gasteiger partial charge in [0.2, 0.25) is 11.7 Å². The third kappa shape index (κ3) is 3.20. The van der Waals surface area contributed by atoms with Crippen molar-refractivity contribution in [2.75, 3.05) is 14.1 Å². The molecule has 114 valence electrons. The van der Waals surface area contributed by atoms with Crippen LogP contribution in [0.25, 0.3) is 11.4 Å². The molecule has 22 heavy (non-hydrogen) atoms. The van der Waals surface area contributed by atoms with Crippen LogP contribution in [0.5, 0.6) is 0 Å². The molecular formula is C15H17N5O2. The van der Waals surface area contributed by atoms with Gasteiger partial charge < -0.3 is 9.42 Å². The number of nitrogens with zero attached hydrogens (tertiary/aromatic N) is 5. The van der Waals surface area contributed by atoms with Crippen LogP contribution in [0.15, 0.2) is 33.4 Å². The molecule has 0 amide bonds. The van der Waals surface area contributed by atoms with Gasteiger partial charge in [-0.25, -0.2) is 4.63 Å². The zero-order chi connectivity index (χ0) is 15.5. The van der Waals surface area contributed by atoms with Gasteiger partial charge in [-0.1, -0.05) is 39.7 Å². The molecule has 3 aromatic rings. The molecule has 0 saturated heterocycles. The van der Waals surface area contributed by atoms with Gasteiger partial charge in [0.15, 0.2) is 0 Å². The molecule has 2 heterocycles. The second-order valence-corrected chi connectivity index (χ2v) is 5.42. The fourth-order valence-electron chi connectivity index (χ4n) is 2.12. The van der Waals surface area contributed by atoms with Crippen LogP contribution in [0.3, 0.4) is 0 Å². The fraction of sp³-hybridized carbons (Fsp3) is 0.333. The molecule has 0 unspecified atom stereocenters. The summed E-state index contributed by atoms with van der Waals surface area (Å²) in [5.41, 5.74) is 3.60. The van der Waals surface area contributed by atoms with Gasteiger partial charge in [-0.15, -0.1) is 0 Å². The summed E-state index contributed by atoms with van der Waals surface area (Å²) < 4.78 is 9.92. The molecular weight excluding hydrogens is 282 g/mol. The van der Waals surface area contributed by atoms with Crippen molar-refractivity contribution in [3.63, 3.8) is 0 Å². The van der Waals surface area contributed by atoms with Gasteiger partial charge in [0.1, 0.15) is 11.4 Å². The zero-order valence-electron chi connectivity index (χ0n) is 12.8. The van der Waals surface area contributed by atoms with Crippen LogP contribution >= 0.6 is 0 Å². The van der Waals surface area contributed by atoms with Crippen LogP contribution in [0.4, 0.5) is 0 Å². The number of hydrogen-bond acceptors (Lipinski definition) is 7. The van der Waals surface area contributed by atoms with E-state index in [9.17, 15) is 0 Å². The Morgan fingerprint density at radius 3 is 2.45 bits per heavy atom. The average Bonchev–Trinajstić information content (AvgIpc) is 3.10. The first kappa shape index (κ1) is 14.4. The van der Waals surface area contributed by atoms with Gasteiger partial charge in [0.25, 0.3) is 0 Å². The van der Waals surface area contributed by atoms with Crippen LogP contribution in [-0.4, -0.2) is 39.4 Å². The first-order chi connectivity index (χ1) is 10.6. The minimum absolute atomic E-state index is 0.418. The monoisotopic (exact) mass is 299 g/mol. The lowest BCUT2D eigenvalue weighted by atomic mass is 10.1. The Kier molecular flexibility index (Phi) is 3.97. The summed E-state index contributed by atoms with van der Waals surface area (Å²) in [5, 5.41) is 11.6. The second kappa shape index (κ2) is 6.07. The van der Waals surface area contributed by atoms with Crippen molar-refractivity contribution in [2.45, 2.75) is 19.9 Å². The maximum absolute atomic E-state index is 5.26. The molecule has 7 heteroatoms. The van der Waals surface area contributed by atoms with Crippen molar-refractivity contribution in [1.82, 2.24) is 25.4 Å². The molecule has 0 radical (unpaired) electrons. The quantitative estimate of drug-likeness (QED) is 0.713. The van der Waals surface area contributed by atoms with Crippen LogP contribution in [0.1, 0.15) is 22.8 Å². The summed E-state index contributed by atoms with van der Waals surface area (Å²) in [4.78, 5) is 6.51. The van der Waals surface area contributed by atoms with E-state index in [2.05, 4.69) is 42.1 Å². The van der Waals surface area contributed by atoms with E-state index >= 15 is 0 Å². The van der Waals surface area contributed by atoms with Gasteiger partial charge in [-0.3, -0.25) is 0 Å². The van der Waals surface area contributed by atoms with Crippen molar-refractivity contribution in [3.05, 3.63) is 47.1 Å². The highest BCUT2D eigenvalue weighted by Gasteiger charge is 2.13. The predicted octanol–water partition coefficient (Wildman–Crippen LogP) is 2.08. The van der Waals surface area contributed by atoms with Crippen LogP contribution in [0.2, 0.25) is 0 Å². The van der Waals surface area contributed by atoms with E-state index in [1.807, 2.05) is 33.2 Å². The molecule has 0 saturated carbocycles. The molecule has 7 nitrogen and oxygen atoms in total. The highest BCUT2D eigenvalue weighted by molar-refractivity contribution is 5.54. The fourth-order valence-corrected chi connectivity index (χ4v) is 2.12. The van der Waals surface area contributed by atoms with Crippen LogP contribution in [0, 0.1) is 6.92 Å². The molecule has 0 atom stereocenters. The number of rotatable bonds is 5. The highest BCUT2D eigenvalue weighted by atomic mass is 16.6. The first-order valence-electron chi connectivity index (χ1n) is 6.96.